The van der Waals surface area contributed by atoms with E-state index in [4.69, 9.17) is 0 Å². The minimum atomic E-state index is 0.0761. The number of rotatable bonds is 3. The van der Waals surface area contributed by atoms with Gasteiger partial charge in [-0.2, -0.15) is 5.10 Å². The normalized spacial score (nSPS) is 10.8. The van der Waals surface area contributed by atoms with Crippen LogP contribution in [-0.2, 0) is 0 Å². The van der Waals surface area contributed by atoms with Crippen molar-refractivity contribution in [2.75, 3.05) is 5.75 Å². The molecule has 0 aliphatic rings. The predicted octanol–water partition coefficient (Wildman–Crippen LogP) is 2.65. The van der Waals surface area contributed by atoms with Gasteiger partial charge in [0.25, 0.3) is 0 Å². The van der Waals surface area contributed by atoms with Crippen molar-refractivity contribution in [2.24, 2.45) is 0 Å². The summed E-state index contributed by atoms with van der Waals surface area (Å²) in [6, 6.07) is 5.75. The van der Waals surface area contributed by atoms with Crippen LogP contribution in [0.4, 0.5) is 0 Å². The summed E-state index contributed by atoms with van der Waals surface area (Å²) < 4.78 is 1.76. The number of Topliss-reactive ketones (excluding diaryl/α,β-unsaturated/α-hetero) is 1. The molecule has 0 atom stereocenters. The first-order valence-electron chi connectivity index (χ1n) is 4.85. The van der Waals surface area contributed by atoms with E-state index in [1.807, 2.05) is 24.4 Å². The summed E-state index contributed by atoms with van der Waals surface area (Å²) >= 11 is 1.60. The van der Waals surface area contributed by atoms with Gasteiger partial charge in [0.2, 0.25) is 0 Å². The van der Waals surface area contributed by atoms with E-state index in [-0.39, 0.29) is 5.78 Å². The molecule has 0 saturated heterocycles. The van der Waals surface area contributed by atoms with E-state index in [2.05, 4.69) is 12.0 Å². The molecule has 0 spiro atoms. The molecule has 0 amide bonds. The summed E-state index contributed by atoms with van der Waals surface area (Å²) in [5.41, 5.74) is 1.63. The molecule has 2 heterocycles. The largest absolute Gasteiger partial charge is 0.294 e. The van der Waals surface area contributed by atoms with Crippen LogP contribution in [-0.4, -0.2) is 21.2 Å². The fraction of sp³-hybridized carbons (Fsp3) is 0.273. The molecule has 0 radical (unpaired) electrons. The van der Waals surface area contributed by atoms with Crippen LogP contribution in [0.1, 0.15) is 24.2 Å². The molecule has 0 N–H and O–H groups in total. The fourth-order valence-electron chi connectivity index (χ4n) is 1.55. The SMILES string of the molecule is CCSc1nn2ccccc2c1C(C)=O. The van der Waals surface area contributed by atoms with E-state index in [0.717, 1.165) is 21.9 Å². The van der Waals surface area contributed by atoms with Crippen molar-refractivity contribution in [3.05, 3.63) is 30.0 Å². The zero-order valence-electron chi connectivity index (χ0n) is 8.73. The van der Waals surface area contributed by atoms with Crippen molar-refractivity contribution < 1.29 is 4.79 Å². The van der Waals surface area contributed by atoms with Crippen LogP contribution in [0.3, 0.4) is 0 Å². The highest BCUT2D eigenvalue weighted by Gasteiger charge is 2.15. The van der Waals surface area contributed by atoms with Gasteiger partial charge >= 0.3 is 0 Å². The molecule has 3 nitrogen and oxygen atoms in total. The van der Waals surface area contributed by atoms with Crippen LogP contribution in [0.5, 0.6) is 0 Å². The number of nitrogens with zero attached hydrogens (tertiary/aromatic N) is 2. The van der Waals surface area contributed by atoms with Crippen molar-refractivity contribution in [3.63, 3.8) is 0 Å². The Kier molecular flexibility index (Phi) is 2.77. The lowest BCUT2D eigenvalue weighted by molar-refractivity contribution is 0.101. The van der Waals surface area contributed by atoms with Crippen LogP contribution >= 0.6 is 11.8 Å². The van der Waals surface area contributed by atoms with Gasteiger partial charge in [-0.25, -0.2) is 4.52 Å². The molecule has 2 aromatic rings. The van der Waals surface area contributed by atoms with Crippen molar-refractivity contribution in [2.45, 2.75) is 18.9 Å². The Morgan fingerprint density at radius 2 is 2.33 bits per heavy atom. The maximum Gasteiger partial charge on any atom is 0.164 e. The van der Waals surface area contributed by atoms with Crippen molar-refractivity contribution in [1.29, 1.82) is 0 Å². The number of carbonyl (C=O) groups excluding carboxylic acids is 1. The highest BCUT2D eigenvalue weighted by Crippen LogP contribution is 2.25. The monoisotopic (exact) mass is 220 g/mol. The molecule has 0 aliphatic carbocycles. The Hall–Kier alpha value is -1.29. The molecule has 2 rings (SSSR count). The molecular weight excluding hydrogens is 208 g/mol. The summed E-state index contributed by atoms with van der Waals surface area (Å²) in [7, 11) is 0. The molecule has 2 aromatic heterocycles. The number of ketones is 1. The Balaban J connectivity index is 2.69. The standard InChI is InChI=1S/C11H12N2OS/c1-3-15-11-10(8(2)14)9-6-4-5-7-13(9)12-11/h4-7H,3H2,1-2H3. The topological polar surface area (TPSA) is 34.4 Å². The lowest BCUT2D eigenvalue weighted by atomic mass is 10.2. The second-order valence-electron chi connectivity index (χ2n) is 3.20. The minimum absolute atomic E-state index is 0.0761. The first-order chi connectivity index (χ1) is 7.24. The van der Waals surface area contributed by atoms with Crippen molar-refractivity contribution in [1.82, 2.24) is 9.61 Å². The van der Waals surface area contributed by atoms with E-state index in [0.29, 0.717) is 0 Å². The van der Waals surface area contributed by atoms with Crippen LogP contribution in [0.2, 0.25) is 0 Å². The number of pyridine rings is 1. The quantitative estimate of drug-likeness (QED) is 0.589. The predicted molar refractivity (Wildman–Crippen MR) is 61.6 cm³/mol. The maximum absolute atomic E-state index is 11.5. The fourth-order valence-corrected chi connectivity index (χ4v) is 2.36. The van der Waals surface area contributed by atoms with Gasteiger partial charge in [0.15, 0.2) is 5.78 Å². The molecule has 78 valence electrons. The number of fused-ring (bicyclic) bond motifs is 1. The third-order valence-corrected chi connectivity index (χ3v) is 2.99. The Morgan fingerprint density at radius 1 is 1.53 bits per heavy atom. The third-order valence-electron chi connectivity index (χ3n) is 2.14. The summed E-state index contributed by atoms with van der Waals surface area (Å²) in [6.45, 7) is 3.64. The Labute approximate surface area is 92.5 Å². The van der Waals surface area contributed by atoms with Crippen LogP contribution in [0, 0.1) is 0 Å². The van der Waals surface area contributed by atoms with Gasteiger partial charge < -0.3 is 0 Å². The second-order valence-corrected chi connectivity index (χ2v) is 4.45. The van der Waals surface area contributed by atoms with Crippen molar-refractivity contribution in [3.8, 4) is 0 Å². The molecule has 4 heteroatoms. The van der Waals surface area contributed by atoms with Gasteiger partial charge in [-0.15, -0.1) is 11.8 Å². The molecular formula is C11H12N2OS. The first-order valence-corrected chi connectivity index (χ1v) is 5.83. The van der Waals surface area contributed by atoms with Gasteiger partial charge in [-0.1, -0.05) is 13.0 Å². The van der Waals surface area contributed by atoms with Crippen LogP contribution in [0.15, 0.2) is 29.4 Å². The van der Waals surface area contributed by atoms with E-state index in [1.54, 1.807) is 23.2 Å². The van der Waals surface area contributed by atoms with Gasteiger partial charge in [-0.3, -0.25) is 4.79 Å². The van der Waals surface area contributed by atoms with Gasteiger partial charge in [0.1, 0.15) is 5.03 Å². The molecule has 0 aliphatic heterocycles. The maximum atomic E-state index is 11.5. The molecule has 0 unspecified atom stereocenters. The smallest absolute Gasteiger partial charge is 0.164 e. The number of hydrogen-bond donors (Lipinski definition) is 0. The minimum Gasteiger partial charge on any atom is -0.294 e. The van der Waals surface area contributed by atoms with Crippen LogP contribution in [0.25, 0.3) is 5.52 Å². The highest BCUT2D eigenvalue weighted by molar-refractivity contribution is 7.99. The number of hydrogen-bond acceptors (Lipinski definition) is 3. The molecule has 0 bridgehead atoms. The summed E-state index contributed by atoms with van der Waals surface area (Å²) in [5, 5.41) is 5.21. The number of thioether (sulfide) groups is 1. The highest BCUT2D eigenvalue weighted by atomic mass is 32.2. The van der Waals surface area contributed by atoms with E-state index < -0.39 is 0 Å². The zero-order chi connectivity index (χ0) is 10.8. The van der Waals surface area contributed by atoms with E-state index in [1.165, 1.54) is 0 Å². The van der Waals surface area contributed by atoms with Crippen LogP contribution < -0.4 is 0 Å². The van der Waals surface area contributed by atoms with E-state index in [9.17, 15) is 4.79 Å². The Morgan fingerprint density at radius 3 is 3.00 bits per heavy atom. The second kappa shape index (κ2) is 4.06. The zero-order valence-corrected chi connectivity index (χ0v) is 9.54. The summed E-state index contributed by atoms with van der Waals surface area (Å²) in [5.74, 6) is 0.997. The lowest BCUT2D eigenvalue weighted by Crippen LogP contribution is -1.93. The van der Waals surface area contributed by atoms with Gasteiger partial charge in [0, 0.05) is 6.20 Å². The van der Waals surface area contributed by atoms with E-state index >= 15 is 0 Å². The van der Waals surface area contributed by atoms with Gasteiger partial charge in [0.05, 0.1) is 11.1 Å². The Bertz CT molecular complexity index is 504. The molecule has 0 saturated carbocycles. The van der Waals surface area contributed by atoms with Crippen molar-refractivity contribution >= 4 is 23.1 Å². The molecule has 0 aromatic carbocycles. The summed E-state index contributed by atoms with van der Waals surface area (Å²) in [6.07, 6.45) is 1.86. The number of carbonyl (C=O) groups is 1. The number of aromatic nitrogens is 2. The first kappa shape index (κ1) is 10.2. The lowest BCUT2D eigenvalue weighted by Gasteiger charge is -1.95. The van der Waals surface area contributed by atoms with Gasteiger partial charge in [-0.05, 0) is 24.8 Å². The average molecular weight is 220 g/mol. The molecule has 15 heavy (non-hydrogen) atoms. The third kappa shape index (κ3) is 1.77. The average Bonchev–Trinajstić information content (AvgIpc) is 2.56. The summed E-state index contributed by atoms with van der Waals surface area (Å²) in [4.78, 5) is 11.5. The molecule has 0 fully saturated rings.